The summed E-state index contributed by atoms with van der Waals surface area (Å²) in [7, 11) is 0. The van der Waals surface area contributed by atoms with E-state index in [0.717, 1.165) is 6.92 Å². The zero-order valence-electron chi connectivity index (χ0n) is 25.5. The Morgan fingerprint density at radius 3 is 1.90 bits per heavy atom. The second-order valence-corrected chi connectivity index (χ2v) is 12.4. The number of rotatable bonds is 5. The molecule has 0 aliphatic heterocycles. The van der Waals surface area contributed by atoms with E-state index in [1.165, 1.54) is 39.8 Å². The molecule has 0 aromatic heterocycles. The van der Waals surface area contributed by atoms with Gasteiger partial charge in [-0.05, 0) is 25.5 Å². The molecule has 8 atom stereocenters. The molecule has 0 aromatic rings. The maximum atomic E-state index is 14.0. The van der Waals surface area contributed by atoms with Crippen LogP contribution in [0.25, 0.3) is 0 Å². The van der Waals surface area contributed by atoms with Gasteiger partial charge < -0.3 is 29.2 Å². The van der Waals surface area contributed by atoms with Crippen molar-refractivity contribution in [1.82, 2.24) is 0 Å². The van der Waals surface area contributed by atoms with E-state index < -0.39 is 94.9 Å². The van der Waals surface area contributed by atoms with Crippen molar-refractivity contribution in [1.29, 1.82) is 0 Å². The molecule has 1 fully saturated rings. The van der Waals surface area contributed by atoms with Crippen molar-refractivity contribution in [2.24, 2.45) is 23.2 Å². The average Bonchev–Trinajstić information content (AvgIpc) is 3.01. The summed E-state index contributed by atoms with van der Waals surface area (Å²) in [5.41, 5.74) is -4.98. The lowest BCUT2D eigenvalue weighted by Crippen LogP contribution is -2.54. The highest BCUT2D eigenvalue weighted by atomic mass is 16.6. The number of hydrogen-bond acceptors (Lipinski definition) is 11. The Kier molecular flexibility index (Phi) is 10.4. The van der Waals surface area contributed by atoms with Crippen molar-refractivity contribution < 1.29 is 53.1 Å². The fraction of sp³-hybridized carbons (Fsp3) is 0.700. The molecule has 1 saturated carbocycles. The average molecular weight is 581 g/mol. The second kappa shape index (κ2) is 12.4. The minimum Gasteiger partial charge on any atom is -0.459 e. The molecule has 11 nitrogen and oxygen atoms in total. The standard InChI is InChI=1S/C30H44O11/c1-15(2)27(35)41-23-17(4)13-21(38-18(5)31)25(39-19(6)32)28(8,9)12-11-16(3)24(34)30(37)14-29(10,36)26(22(23)30)40-20(7)33/h11-13,15-16,21-23,25-26,36-37H,14H2,1-10H3/b12-11+,17-13-/t16-,21+,22?,23-,25+,26+,29+,30+/m0/s1. The van der Waals surface area contributed by atoms with E-state index in [2.05, 4.69) is 0 Å². The molecule has 0 bridgehead atoms. The lowest BCUT2D eigenvalue weighted by Gasteiger charge is -2.40. The first-order valence-corrected chi connectivity index (χ1v) is 13.7. The van der Waals surface area contributed by atoms with Crippen LogP contribution in [0.3, 0.4) is 0 Å². The van der Waals surface area contributed by atoms with Crippen LogP contribution < -0.4 is 0 Å². The SMILES string of the molecule is CC(=O)O[C@@H]1[C@H](OC(C)=O)/C=C(/C)[C@H](OC(=O)C(C)C)C2[C@@H](OC(C)=O)[C@](C)(O)C[C@]2(O)C(=O)[C@@H](C)/C=C/C1(C)C. The highest BCUT2D eigenvalue weighted by molar-refractivity contribution is 5.92. The van der Waals surface area contributed by atoms with Gasteiger partial charge in [0.1, 0.15) is 23.4 Å². The molecule has 2 N–H and O–H groups in total. The zero-order valence-corrected chi connectivity index (χ0v) is 25.5. The number of fused-ring (bicyclic) bond motifs is 1. The first-order valence-electron chi connectivity index (χ1n) is 13.7. The fourth-order valence-electron chi connectivity index (χ4n) is 5.67. The molecule has 2 rings (SSSR count). The quantitative estimate of drug-likeness (QED) is 0.279. The number of ketones is 1. The van der Waals surface area contributed by atoms with Crippen LogP contribution in [0.4, 0.5) is 0 Å². The lowest BCUT2D eigenvalue weighted by atomic mass is 9.74. The monoisotopic (exact) mass is 580 g/mol. The number of carbonyl (C=O) groups is 5. The normalized spacial score (nSPS) is 37.4. The topological polar surface area (TPSA) is 163 Å². The largest absolute Gasteiger partial charge is 0.459 e. The summed E-state index contributed by atoms with van der Waals surface area (Å²) in [6, 6.07) is 0. The molecule has 230 valence electrons. The number of hydrogen-bond donors (Lipinski definition) is 2. The van der Waals surface area contributed by atoms with Crippen molar-refractivity contribution in [2.75, 3.05) is 0 Å². The molecule has 0 spiro atoms. The Balaban J connectivity index is 2.98. The maximum absolute atomic E-state index is 14.0. The van der Waals surface area contributed by atoms with E-state index in [-0.39, 0.29) is 5.57 Å². The molecular weight excluding hydrogens is 536 g/mol. The van der Waals surface area contributed by atoms with Gasteiger partial charge in [-0.15, -0.1) is 0 Å². The number of esters is 4. The number of ether oxygens (including phenoxy) is 4. The van der Waals surface area contributed by atoms with Crippen molar-refractivity contribution in [3.05, 3.63) is 23.8 Å². The first-order chi connectivity index (χ1) is 18.6. The first kappa shape index (κ1) is 34.2. The molecule has 11 heteroatoms. The van der Waals surface area contributed by atoms with Gasteiger partial charge in [-0.2, -0.15) is 0 Å². The molecule has 0 heterocycles. The summed E-state index contributed by atoms with van der Waals surface area (Å²) in [5, 5.41) is 23.5. The predicted octanol–water partition coefficient (Wildman–Crippen LogP) is 2.60. The van der Waals surface area contributed by atoms with Crippen molar-refractivity contribution >= 4 is 29.7 Å². The summed E-state index contributed by atoms with van der Waals surface area (Å²) in [5.74, 6) is -6.49. The van der Waals surface area contributed by atoms with Crippen molar-refractivity contribution in [3.8, 4) is 0 Å². The van der Waals surface area contributed by atoms with Gasteiger partial charge in [0.2, 0.25) is 0 Å². The smallest absolute Gasteiger partial charge is 0.308 e. The zero-order chi connectivity index (χ0) is 31.7. The Morgan fingerprint density at radius 2 is 1.41 bits per heavy atom. The van der Waals surface area contributed by atoms with Crippen LogP contribution in [-0.4, -0.2) is 75.5 Å². The van der Waals surface area contributed by atoms with Gasteiger partial charge >= 0.3 is 23.9 Å². The third kappa shape index (κ3) is 7.62. The van der Waals surface area contributed by atoms with Crippen molar-refractivity contribution in [3.63, 3.8) is 0 Å². The van der Waals surface area contributed by atoms with Crippen LogP contribution >= 0.6 is 0 Å². The Morgan fingerprint density at radius 1 is 0.902 bits per heavy atom. The molecule has 2 aliphatic rings. The van der Waals surface area contributed by atoms with Gasteiger partial charge in [0.15, 0.2) is 18.0 Å². The molecular formula is C30H44O11. The number of carbonyl (C=O) groups excluding carboxylic acids is 5. The third-order valence-electron chi connectivity index (χ3n) is 7.61. The summed E-state index contributed by atoms with van der Waals surface area (Å²) in [6.07, 6.45) is -1.07. The molecule has 2 aliphatic carbocycles. The van der Waals surface area contributed by atoms with E-state index in [1.807, 2.05) is 0 Å². The summed E-state index contributed by atoms with van der Waals surface area (Å²) in [4.78, 5) is 63.5. The highest BCUT2D eigenvalue weighted by Gasteiger charge is 2.67. The van der Waals surface area contributed by atoms with Crippen molar-refractivity contribution in [2.45, 2.75) is 111 Å². The van der Waals surface area contributed by atoms with Gasteiger partial charge in [0.25, 0.3) is 0 Å². The third-order valence-corrected chi connectivity index (χ3v) is 7.61. The van der Waals surface area contributed by atoms with Gasteiger partial charge in [-0.3, -0.25) is 24.0 Å². The molecule has 1 unspecified atom stereocenters. The molecule has 0 radical (unpaired) electrons. The minimum atomic E-state index is -2.31. The number of aliphatic hydroxyl groups is 2. The van der Waals surface area contributed by atoms with Crippen LogP contribution in [0.15, 0.2) is 23.8 Å². The Labute approximate surface area is 241 Å². The van der Waals surface area contributed by atoms with Gasteiger partial charge in [0.05, 0.1) is 11.8 Å². The fourth-order valence-corrected chi connectivity index (χ4v) is 5.67. The van der Waals surface area contributed by atoms with Gasteiger partial charge in [-0.25, -0.2) is 0 Å². The highest BCUT2D eigenvalue weighted by Crippen LogP contribution is 2.50. The van der Waals surface area contributed by atoms with Crippen LogP contribution in [0.2, 0.25) is 0 Å². The predicted molar refractivity (Wildman–Crippen MR) is 146 cm³/mol. The second-order valence-electron chi connectivity index (χ2n) is 12.4. The number of Topliss-reactive ketones (excluding diaryl/α,β-unsaturated/α-hetero) is 1. The molecule has 41 heavy (non-hydrogen) atoms. The summed E-state index contributed by atoms with van der Waals surface area (Å²) >= 11 is 0. The Bertz CT molecular complexity index is 1120. The van der Waals surface area contributed by atoms with E-state index in [1.54, 1.807) is 40.7 Å². The van der Waals surface area contributed by atoms with Crippen LogP contribution in [0, 0.1) is 23.2 Å². The van der Waals surface area contributed by atoms with Gasteiger partial charge in [0, 0.05) is 38.5 Å². The number of allylic oxidation sites excluding steroid dienone is 1. The summed E-state index contributed by atoms with van der Waals surface area (Å²) in [6.45, 7) is 14.6. The van der Waals surface area contributed by atoms with Crippen LogP contribution in [-0.2, 0) is 42.9 Å². The molecule has 0 amide bonds. The van der Waals surface area contributed by atoms with Crippen LogP contribution in [0.5, 0.6) is 0 Å². The Hall–Kier alpha value is -3.05. The maximum Gasteiger partial charge on any atom is 0.308 e. The lowest BCUT2D eigenvalue weighted by molar-refractivity contribution is -0.178. The van der Waals surface area contributed by atoms with E-state index >= 15 is 0 Å². The van der Waals surface area contributed by atoms with E-state index in [4.69, 9.17) is 18.9 Å². The van der Waals surface area contributed by atoms with E-state index in [9.17, 15) is 34.2 Å². The molecule has 0 saturated heterocycles. The molecule has 0 aromatic carbocycles. The van der Waals surface area contributed by atoms with Crippen LogP contribution in [0.1, 0.15) is 75.7 Å². The van der Waals surface area contributed by atoms with E-state index in [0.29, 0.717) is 0 Å². The van der Waals surface area contributed by atoms with Gasteiger partial charge in [-0.1, -0.05) is 46.8 Å². The summed E-state index contributed by atoms with van der Waals surface area (Å²) < 4.78 is 22.6. The minimum absolute atomic E-state index is 0.210.